The minimum absolute atomic E-state index is 0.429. The van der Waals surface area contributed by atoms with Gasteiger partial charge in [-0.25, -0.2) is 0 Å². The lowest BCUT2D eigenvalue weighted by Gasteiger charge is -2.29. The first-order chi connectivity index (χ1) is 12.6. The number of hydrogen-bond donors (Lipinski definition) is 1. The van der Waals surface area contributed by atoms with Gasteiger partial charge in [0.05, 0.1) is 0 Å². The molecule has 146 valence electrons. The monoisotopic (exact) mass is 360 g/mol. The van der Waals surface area contributed by atoms with Gasteiger partial charge in [0.15, 0.2) is 5.96 Å². The van der Waals surface area contributed by atoms with E-state index >= 15 is 0 Å². The van der Waals surface area contributed by atoms with Gasteiger partial charge in [-0.3, -0.25) is 4.99 Å². The van der Waals surface area contributed by atoms with E-state index in [0.717, 1.165) is 44.6 Å². The maximum atomic E-state index is 5.46. The summed E-state index contributed by atoms with van der Waals surface area (Å²) in [5, 5.41) is 3.57. The van der Waals surface area contributed by atoms with E-state index in [1.807, 2.05) is 7.05 Å². The summed E-state index contributed by atoms with van der Waals surface area (Å²) in [6.07, 6.45) is 4.63. The summed E-state index contributed by atoms with van der Waals surface area (Å²) in [7, 11) is 8.30. The van der Waals surface area contributed by atoms with Crippen molar-refractivity contribution in [1.82, 2.24) is 15.1 Å². The van der Waals surface area contributed by atoms with Crippen LogP contribution in [-0.2, 0) is 11.2 Å². The largest absolute Gasteiger partial charge is 0.381 e. The lowest BCUT2D eigenvalue weighted by molar-refractivity contribution is 0.0625. The van der Waals surface area contributed by atoms with Crippen LogP contribution in [0.15, 0.2) is 35.3 Å². The van der Waals surface area contributed by atoms with Gasteiger partial charge in [-0.2, -0.15) is 0 Å². The van der Waals surface area contributed by atoms with Gasteiger partial charge < -0.3 is 19.9 Å². The maximum Gasteiger partial charge on any atom is 0.193 e. The third-order valence-electron chi connectivity index (χ3n) is 5.33. The highest BCUT2D eigenvalue weighted by molar-refractivity contribution is 5.79. The first-order valence-corrected chi connectivity index (χ1v) is 9.80. The molecule has 1 aliphatic rings. The minimum atomic E-state index is 0.429. The van der Waals surface area contributed by atoms with Crippen LogP contribution in [0.3, 0.4) is 0 Å². The van der Waals surface area contributed by atoms with Crippen molar-refractivity contribution in [3.8, 4) is 0 Å². The van der Waals surface area contributed by atoms with Gasteiger partial charge in [0.2, 0.25) is 0 Å². The minimum Gasteiger partial charge on any atom is -0.381 e. The van der Waals surface area contributed by atoms with E-state index in [-0.39, 0.29) is 0 Å². The number of likely N-dealkylation sites (N-methyl/N-ethyl adjacent to an activating group) is 1. The van der Waals surface area contributed by atoms with Crippen LogP contribution < -0.4 is 5.32 Å². The molecule has 26 heavy (non-hydrogen) atoms. The molecular weight excluding hydrogens is 324 g/mol. The van der Waals surface area contributed by atoms with Gasteiger partial charge in [-0.05, 0) is 51.3 Å². The second-order valence-electron chi connectivity index (χ2n) is 7.50. The molecule has 1 saturated heterocycles. The number of nitrogens with zero attached hydrogens (tertiary/aromatic N) is 3. The summed E-state index contributed by atoms with van der Waals surface area (Å²) in [5.41, 5.74) is 1.37. The summed E-state index contributed by atoms with van der Waals surface area (Å²) in [6.45, 7) is 3.77. The first kappa shape index (κ1) is 20.7. The highest BCUT2D eigenvalue weighted by Gasteiger charge is 2.17. The van der Waals surface area contributed by atoms with E-state index in [0.29, 0.717) is 6.04 Å². The smallest absolute Gasteiger partial charge is 0.193 e. The van der Waals surface area contributed by atoms with Crippen LogP contribution in [0.25, 0.3) is 0 Å². The van der Waals surface area contributed by atoms with Crippen LogP contribution in [0.1, 0.15) is 24.8 Å². The third kappa shape index (κ3) is 6.96. The number of nitrogens with one attached hydrogen (secondary N) is 1. The van der Waals surface area contributed by atoms with Crippen molar-refractivity contribution in [3.05, 3.63) is 35.9 Å². The summed E-state index contributed by atoms with van der Waals surface area (Å²) >= 11 is 0. The fourth-order valence-electron chi connectivity index (χ4n) is 3.43. The van der Waals surface area contributed by atoms with Gasteiger partial charge in [0.1, 0.15) is 0 Å². The zero-order chi connectivity index (χ0) is 18.8. The van der Waals surface area contributed by atoms with Crippen LogP contribution >= 0.6 is 0 Å². The number of aliphatic imine (C=N–C) groups is 1. The Morgan fingerprint density at radius 2 is 1.88 bits per heavy atom. The number of benzene rings is 1. The number of ether oxygens (including phenoxy) is 1. The Morgan fingerprint density at radius 3 is 2.50 bits per heavy atom. The molecule has 0 aromatic heterocycles. The molecule has 1 unspecified atom stereocenters. The van der Waals surface area contributed by atoms with Crippen molar-refractivity contribution in [2.24, 2.45) is 10.9 Å². The van der Waals surface area contributed by atoms with Crippen LogP contribution in [0.5, 0.6) is 0 Å². The zero-order valence-corrected chi connectivity index (χ0v) is 16.9. The predicted molar refractivity (Wildman–Crippen MR) is 110 cm³/mol. The van der Waals surface area contributed by atoms with Gasteiger partial charge in [-0.15, -0.1) is 0 Å². The normalized spacial score (nSPS) is 17.3. The molecule has 0 spiro atoms. The van der Waals surface area contributed by atoms with Crippen molar-refractivity contribution in [2.75, 3.05) is 54.5 Å². The predicted octanol–water partition coefficient (Wildman–Crippen LogP) is 2.48. The lowest BCUT2D eigenvalue weighted by atomic mass is 9.96. The second-order valence-corrected chi connectivity index (χ2v) is 7.50. The van der Waals surface area contributed by atoms with E-state index < -0.39 is 0 Å². The molecule has 5 heteroatoms. The Hall–Kier alpha value is -1.59. The van der Waals surface area contributed by atoms with E-state index in [1.165, 1.54) is 24.8 Å². The Kier molecular flexibility index (Phi) is 8.92. The summed E-state index contributed by atoms with van der Waals surface area (Å²) in [6, 6.07) is 11.1. The molecule has 2 rings (SSSR count). The molecule has 1 aromatic carbocycles. The number of hydrogen-bond acceptors (Lipinski definition) is 3. The average Bonchev–Trinajstić information content (AvgIpc) is 2.67. The van der Waals surface area contributed by atoms with Crippen LogP contribution in [0.4, 0.5) is 0 Å². The summed E-state index contributed by atoms with van der Waals surface area (Å²) in [4.78, 5) is 9.02. The summed E-state index contributed by atoms with van der Waals surface area (Å²) in [5.74, 6) is 1.77. The number of rotatable bonds is 8. The standard InChI is InChI=1S/C21H36N4O/c1-22-21(25(4)13-10-18-11-14-26-15-12-18)23-17-20(24(2)3)16-19-8-6-5-7-9-19/h5-9,18,20H,10-17H2,1-4H3,(H,22,23). The van der Waals surface area contributed by atoms with Crippen LogP contribution in [0.2, 0.25) is 0 Å². The number of guanidine groups is 1. The Bertz CT molecular complexity index is 526. The van der Waals surface area contributed by atoms with Crippen molar-refractivity contribution in [2.45, 2.75) is 31.7 Å². The van der Waals surface area contributed by atoms with Gasteiger partial charge in [0, 0.05) is 46.4 Å². The third-order valence-corrected chi connectivity index (χ3v) is 5.33. The molecule has 1 fully saturated rings. The highest BCUT2D eigenvalue weighted by Crippen LogP contribution is 2.18. The van der Waals surface area contributed by atoms with Gasteiger partial charge >= 0.3 is 0 Å². The summed E-state index contributed by atoms with van der Waals surface area (Å²) < 4.78 is 5.46. The maximum absolute atomic E-state index is 5.46. The first-order valence-electron chi connectivity index (χ1n) is 9.80. The van der Waals surface area contributed by atoms with Gasteiger partial charge in [-0.1, -0.05) is 30.3 Å². The molecule has 1 aliphatic heterocycles. The van der Waals surface area contributed by atoms with E-state index in [1.54, 1.807) is 0 Å². The molecule has 1 N–H and O–H groups in total. The Balaban J connectivity index is 1.80. The van der Waals surface area contributed by atoms with Crippen molar-refractivity contribution < 1.29 is 4.74 Å². The second kappa shape index (κ2) is 11.2. The molecule has 1 heterocycles. The van der Waals surface area contributed by atoms with Crippen molar-refractivity contribution in [3.63, 3.8) is 0 Å². The molecule has 0 bridgehead atoms. The Labute approximate surface area is 159 Å². The van der Waals surface area contributed by atoms with Crippen LogP contribution in [-0.4, -0.2) is 76.3 Å². The highest BCUT2D eigenvalue weighted by atomic mass is 16.5. The van der Waals surface area contributed by atoms with Crippen molar-refractivity contribution in [1.29, 1.82) is 0 Å². The molecule has 0 amide bonds. The van der Waals surface area contributed by atoms with Crippen LogP contribution in [0, 0.1) is 5.92 Å². The average molecular weight is 361 g/mol. The fourth-order valence-corrected chi connectivity index (χ4v) is 3.43. The molecule has 5 nitrogen and oxygen atoms in total. The molecule has 1 aromatic rings. The molecule has 0 aliphatic carbocycles. The van der Waals surface area contributed by atoms with E-state index in [4.69, 9.17) is 4.74 Å². The van der Waals surface area contributed by atoms with E-state index in [9.17, 15) is 0 Å². The van der Waals surface area contributed by atoms with Gasteiger partial charge in [0.25, 0.3) is 0 Å². The zero-order valence-electron chi connectivity index (χ0n) is 16.9. The SMILES string of the molecule is CN=C(NCC(Cc1ccccc1)N(C)C)N(C)CCC1CCOCC1. The molecule has 1 atom stereocenters. The Morgan fingerprint density at radius 1 is 1.19 bits per heavy atom. The quantitative estimate of drug-likeness (QED) is 0.571. The lowest BCUT2D eigenvalue weighted by Crippen LogP contribution is -2.46. The molecule has 0 saturated carbocycles. The van der Waals surface area contributed by atoms with E-state index in [2.05, 4.69) is 71.6 Å². The van der Waals surface area contributed by atoms with Crippen molar-refractivity contribution >= 4 is 5.96 Å². The molecular formula is C21H36N4O. The fraction of sp³-hybridized carbons (Fsp3) is 0.667. The topological polar surface area (TPSA) is 40.1 Å². The molecule has 0 radical (unpaired) electrons.